The minimum Gasteiger partial charge on any atom is -0.337 e. The number of aromatic nitrogens is 2. The van der Waals surface area contributed by atoms with Crippen molar-refractivity contribution in [2.45, 2.75) is 18.7 Å². The summed E-state index contributed by atoms with van der Waals surface area (Å²) >= 11 is 3.45. The minimum atomic E-state index is -3.84. The fraction of sp³-hybridized carbons (Fsp3) is 0.0909. The van der Waals surface area contributed by atoms with Gasteiger partial charge in [0.1, 0.15) is 0 Å². The predicted molar refractivity (Wildman–Crippen MR) is 124 cm³/mol. The summed E-state index contributed by atoms with van der Waals surface area (Å²) < 4.78 is 29.5. The molecule has 8 heteroatoms. The highest BCUT2D eigenvalue weighted by atomic mass is 79.9. The summed E-state index contributed by atoms with van der Waals surface area (Å²) in [4.78, 5) is 9.31. The van der Waals surface area contributed by atoms with Crippen molar-refractivity contribution in [2.24, 2.45) is 0 Å². The lowest BCUT2D eigenvalue weighted by atomic mass is 10.2. The van der Waals surface area contributed by atoms with E-state index in [-0.39, 0.29) is 10.7 Å². The number of sulfonamides is 1. The smallest absolute Gasteiger partial charge is 0.263 e. The highest BCUT2D eigenvalue weighted by molar-refractivity contribution is 9.10. The van der Waals surface area contributed by atoms with Gasteiger partial charge in [-0.15, -0.1) is 0 Å². The van der Waals surface area contributed by atoms with Crippen LogP contribution >= 0.6 is 15.9 Å². The first-order valence-electron chi connectivity index (χ1n) is 9.21. The van der Waals surface area contributed by atoms with E-state index < -0.39 is 10.0 Å². The lowest BCUT2D eigenvalue weighted by Crippen LogP contribution is -2.16. The van der Waals surface area contributed by atoms with Crippen LogP contribution in [0.15, 0.2) is 76.1 Å². The number of para-hydroxylation sites is 2. The van der Waals surface area contributed by atoms with Gasteiger partial charge < -0.3 is 5.32 Å². The van der Waals surface area contributed by atoms with Crippen LogP contribution in [0, 0.1) is 13.8 Å². The number of rotatable bonds is 5. The Labute approximate surface area is 183 Å². The zero-order valence-corrected chi connectivity index (χ0v) is 18.8. The maximum absolute atomic E-state index is 13.0. The third-order valence-electron chi connectivity index (χ3n) is 4.54. The molecule has 1 heterocycles. The number of nitrogens with one attached hydrogen (secondary N) is 2. The van der Waals surface area contributed by atoms with Crippen LogP contribution in [0.2, 0.25) is 0 Å². The van der Waals surface area contributed by atoms with Gasteiger partial charge in [-0.3, -0.25) is 4.72 Å². The Balaban J connectivity index is 1.80. The van der Waals surface area contributed by atoms with Crippen LogP contribution < -0.4 is 10.0 Å². The lowest BCUT2D eigenvalue weighted by molar-refractivity contribution is 0.601. The predicted octanol–water partition coefficient (Wildman–Crippen LogP) is 5.55. The summed E-state index contributed by atoms with van der Waals surface area (Å²) in [7, 11) is -3.84. The van der Waals surface area contributed by atoms with Crippen molar-refractivity contribution < 1.29 is 8.42 Å². The summed E-state index contributed by atoms with van der Waals surface area (Å²) in [6, 6.07) is 19.8. The molecule has 0 aliphatic carbocycles. The Morgan fingerprint density at radius 1 is 0.833 bits per heavy atom. The summed E-state index contributed by atoms with van der Waals surface area (Å²) in [5.74, 6) is 0.466. The lowest BCUT2D eigenvalue weighted by Gasteiger charge is -2.15. The molecule has 152 valence electrons. The van der Waals surface area contributed by atoms with Crippen LogP contribution in [-0.2, 0) is 10.0 Å². The average Bonchev–Trinajstić information content (AvgIpc) is 2.70. The molecule has 0 saturated carbocycles. The van der Waals surface area contributed by atoms with E-state index in [9.17, 15) is 8.42 Å². The highest BCUT2D eigenvalue weighted by Crippen LogP contribution is 2.29. The molecule has 0 bridgehead atoms. The molecular weight excluding hydrogens is 464 g/mol. The Morgan fingerprint density at radius 2 is 1.53 bits per heavy atom. The molecule has 1 aromatic heterocycles. The SMILES string of the molecule is Cc1cccc(S(=O)(=O)Nc2nc3ccccc3nc2Nc2ccc(Br)cc2C)c1. The van der Waals surface area contributed by atoms with E-state index in [1.54, 1.807) is 24.3 Å². The number of halogens is 1. The molecular formula is C22H19BrN4O2S. The molecule has 0 amide bonds. The zero-order chi connectivity index (χ0) is 21.3. The van der Waals surface area contributed by atoms with Crippen LogP contribution in [0.1, 0.15) is 11.1 Å². The molecule has 4 rings (SSSR count). The van der Waals surface area contributed by atoms with Crippen molar-refractivity contribution in [3.63, 3.8) is 0 Å². The highest BCUT2D eigenvalue weighted by Gasteiger charge is 2.19. The molecule has 0 saturated heterocycles. The Kier molecular flexibility index (Phi) is 5.44. The summed E-state index contributed by atoms with van der Waals surface area (Å²) in [5.41, 5.74) is 3.89. The van der Waals surface area contributed by atoms with Crippen molar-refractivity contribution in [3.05, 3.63) is 82.3 Å². The number of anilines is 3. The van der Waals surface area contributed by atoms with E-state index in [1.165, 1.54) is 0 Å². The zero-order valence-electron chi connectivity index (χ0n) is 16.3. The van der Waals surface area contributed by atoms with E-state index in [0.29, 0.717) is 16.9 Å². The topological polar surface area (TPSA) is 84.0 Å². The summed E-state index contributed by atoms with van der Waals surface area (Å²) in [6.45, 7) is 3.80. The fourth-order valence-electron chi connectivity index (χ4n) is 3.02. The van der Waals surface area contributed by atoms with E-state index in [0.717, 1.165) is 21.3 Å². The molecule has 4 aromatic rings. The molecule has 2 N–H and O–H groups in total. The Bertz CT molecular complexity index is 1360. The van der Waals surface area contributed by atoms with Gasteiger partial charge in [0.2, 0.25) is 0 Å². The van der Waals surface area contributed by atoms with Crippen LogP contribution in [-0.4, -0.2) is 18.4 Å². The van der Waals surface area contributed by atoms with Crippen molar-refractivity contribution in [2.75, 3.05) is 10.0 Å². The Morgan fingerprint density at radius 3 is 2.20 bits per heavy atom. The van der Waals surface area contributed by atoms with Crippen molar-refractivity contribution >= 4 is 54.3 Å². The van der Waals surface area contributed by atoms with E-state index in [2.05, 4.69) is 35.9 Å². The molecule has 30 heavy (non-hydrogen) atoms. The number of benzene rings is 3. The molecule has 0 spiro atoms. The van der Waals surface area contributed by atoms with Crippen LogP contribution in [0.3, 0.4) is 0 Å². The standard InChI is InChI=1S/C22H19BrN4O2S/c1-14-6-5-7-17(12-14)30(28,29)27-22-21(24-18-11-10-16(23)13-15(18)2)25-19-8-3-4-9-20(19)26-22/h3-13H,1-2H3,(H,24,25)(H,26,27). The minimum absolute atomic E-state index is 0.137. The van der Waals surface area contributed by atoms with E-state index in [1.807, 2.05) is 56.3 Å². The molecule has 6 nitrogen and oxygen atoms in total. The molecule has 0 radical (unpaired) electrons. The van der Waals surface area contributed by atoms with Gasteiger partial charge in [-0.25, -0.2) is 18.4 Å². The number of nitrogens with zero attached hydrogens (tertiary/aromatic N) is 2. The van der Waals surface area contributed by atoms with Gasteiger partial charge in [0.15, 0.2) is 11.6 Å². The van der Waals surface area contributed by atoms with Gasteiger partial charge >= 0.3 is 0 Å². The second kappa shape index (κ2) is 8.04. The fourth-order valence-corrected chi connectivity index (χ4v) is 4.61. The van der Waals surface area contributed by atoms with Crippen molar-refractivity contribution in [3.8, 4) is 0 Å². The maximum Gasteiger partial charge on any atom is 0.263 e. The van der Waals surface area contributed by atoms with Crippen molar-refractivity contribution in [1.82, 2.24) is 9.97 Å². The van der Waals surface area contributed by atoms with Crippen LogP contribution in [0.25, 0.3) is 11.0 Å². The summed E-state index contributed by atoms with van der Waals surface area (Å²) in [6.07, 6.45) is 0. The number of hydrogen-bond acceptors (Lipinski definition) is 5. The normalized spacial score (nSPS) is 11.4. The maximum atomic E-state index is 13.0. The van der Waals surface area contributed by atoms with Gasteiger partial charge in [-0.2, -0.15) is 0 Å². The quantitative estimate of drug-likeness (QED) is 0.389. The molecule has 0 aliphatic heterocycles. The van der Waals surface area contributed by atoms with Gasteiger partial charge in [0, 0.05) is 10.2 Å². The number of fused-ring (bicyclic) bond motifs is 1. The summed E-state index contributed by atoms with van der Waals surface area (Å²) in [5, 5.41) is 3.22. The van der Waals surface area contributed by atoms with E-state index in [4.69, 9.17) is 0 Å². The van der Waals surface area contributed by atoms with Crippen molar-refractivity contribution in [1.29, 1.82) is 0 Å². The van der Waals surface area contributed by atoms with Gasteiger partial charge in [0.05, 0.1) is 15.9 Å². The molecule has 0 aliphatic rings. The second-order valence-electron chi connectivity index (χ2n) is 6.92. The monoisotopic (exact) mass is 482 g/mol. The average molecular weight is 483 g/mol. The molecule has 0 unspecified atom stereocenters. The van der Waals surface area contributed by atoms with Crippen LogP contribution in [0.4, 0.5) is 17.3 Å². The molecule has 0 atom stereocenters. The van der Waals surface area contributed by atoms with Gasteiger partial charge in [0.25, 0.3) is 10.0 Å². The first-order chi connectivity index (χ1) is 14.3. The first-order valence-corrected chi connectivity index (χ1v) is 11.5. The van der Waals surface area contributed by atoms with E-state index >= 15 is 0 Å². The van der Waals surface area contributed by atoms with Gasteiger partial charge in [-0.05, 0) is 67.4 Å². The van der Waals surface area contributed by atoms with Crippen LogP contribution in [0.5, 0.6) is 0 Å². The van der Waals surface area contributed by atoms with Gasteiger partial charge in [-0.1, -0.05) is 40.2 Å². The molecule has 3 aromatic carbocycles. The Hall–Kier alpha value is -2.97. The first kappa shape index (κ1) is 20.3. The third kappa shape index (κ3) is 4.29. The largest absolute Gasteiger partial charge is 0.337 e. The number of hydrogen-bond donors (Lipinski definition) is 2. The molecule has 0 fully saturated rings. The number of aryl methyl sites for hydroxylation is 2. The second-order valence-corrected chi connectivity index (χ2v) is 9.51. The third-order valence-corrected chi connectivity index (χ3v) is 6.37.